The van der Waals surface area contributed by atoms with E-state index in [1.807, 2.05) is 0 Å². The van der Waals surface area contributed by atoms with E-state index in [-0.39, 0.29) is 17.9 Å². The number of carbonyl (C=O) groups excluding carboxylic acids is 1. The Morgan fingerprint density at radius 3 is 3.10 bits per heavy atom. The lowest BCUT2D eigenvalue weighted by Gasteiger charge is -2.33. The average molecular weight is 278 g/mol. The Morgan fingerprint density at radius 1 is 1.60 bits per heavy atom. The lowest BCUT2D eigenvalue weighted by molar-refractivity contribution is -0.137. The second kappa shape index (κ2) is 6.65. The van der Waals surface area contributed by atoms with Crippen LogP contribution < -0.4 is 11.1 Å². The number of carbonyl (C=O) groups is 1. The van der Waals surface area contributed by atoms with Crippen LogP contribution in [-0.4, -0.2) is 28.6 Å². The first kappa shape index (κ1) is 14.7. The van der Waals surface area contributed by atoms with Crippen LogP contribution in [-0.2, 0) is 16.1 Å². The third-order valence-electron chi connectivity index (χ3n) is 3.64. The van der Waals surface area contributed by atoms with Crippen LogP contribution in [0.1, 0.15) is 32.3 Å². The summed E-state index contributed by atoms with van der Waals surface area (Å²) in [6.45, 7) is 5.26. The van der Waals surface area contributed by atoms with Crippen LogP contribution in [0, 0.1) is 11.8 Å². The molecule has 2 atom stereocenters. The van der Waals surface area contributed by atoms with E-state index in [0.717, 1.165) is 25.0 Å². The fourth-order valence-electron chi connectivity index (χ4n) is 2.56. The molecule has 0 spiro atoms. The second-order valence-electron chi connectivity index (χ2n) is 5.48. The van der Waals surface area contributed by atoms with Gasteiger partial charge in [0, 0.05) is 24.9 Å². The Labute approximate surface area is 119 Å². The number of ether oxygens (including phenoxy) is 1. The largest absolute Gasteiger partial charge is 0.383 e. The van der Waals surface area contributed by atoms with Gasteiger partial charge in [-0.1, -0.05) is 13.8 Å². The highest BCUT2D eigenvalue weighted by Gasteiger charge is 2.33. The molecule has 0 aromatic carbocycles. The SMILES string of the molecule is CC(C)[C@H]1OCCC[C@@H]1C(=O)NCc1cncnc1N. The van der Waals surface area contributed by atoms with Gasteiger partial charge in [0.1, 0.15) is 12.1 Å². The Morgan fingerprint density at radius 2 is 2.40 bits per heavy atom. The van der Waals surface area contributed by atoms with Crippen molar-refractivity contribution in [2.75, 3.05) is 12.3 Å². The van der Waals surface area contributed by atoms with Crippen LogP contribution in [0.3, 0.4) is 0 Å². The van der Waals surface area contributed by atoms with Crippen molar-refractivity contribution < 1.29 is 9.53 Å². The third-order valence-corrected chi connectivity index (χ3v) is 3.64. The molecule has 1 aromatic rings. The van der Waals surface area contributed by atoms with Crippen LogP contribution in [0.2, 0.25) is 0 Å². The van der Waals surface area contributed by atoms with Gasteiger partial charge in [-0.2, -0.15) is 0 Å². The van der Waals surface area contributed by atoms with Gasteiger partial charge >= 0.3 is 0 Å². The number of hydrogen-bond donors (Lipinski definition) is 2. The molecule has 1 aromatic heterocycles. The number of amides is 1. The lowest BCUT2D eigenvalue weighted by Crippen LogP contribution is -2.43. The van der Waals surface area contributed by atoms with Gasteiger partial charge in [-0.3, -0.25) is 4.79 Å². The van der Waals surface area contributed by atoms with E-state index < -0.39 is 0 Å². The molecule has 1 aliphatic rings. The summed E-state index contributed by atoms with van der Waals surface area (Å²) in [5.41, 5.74) is 6.47. The molecular formula is C14H22N4O2. The third kappa shape index (κ3) is 3.45. The lowest BCUT2D eigenvalue weighted by atomic mass is 9.87. The van der Waals surface area contributed by atoms with E-state index in [1.165, 1.54) is 6.33 Å². The van der Waals surface area contributed by atoms with Gasteiger partial charge < -0.3 is 15.8 Å². The van der Waals surface area contributed by atoms with Gasteiger partial charge in [0.05, 0.1) is 12.0 Å². The van der Waals surface area contributed by atoms with Crippen molar-refractivity contribution in [3.05, 3.63) is 18.1 Å². The first-order valence-corrected chi connectivity index (χ1v) is 7.03. The van der Waals surface area contributed by atoms with Crippen LogP contribution in [0.15, 0.2) is 12.5 Å². The average Bonchev–Trinajstić information content (AvgIpc) is 2.46. The van der Waals surface area contributed by atoms with Gasteiger partial charge in [0.25, 0.3) is 0 Å². The van der Waals surface area contributed by atoms with Gasteiger partial charge in [0.15, 0.2) is 0 Å². The molecule has 0 unspecified atom stereocenters. The minimum Gasteiger partial charge on any atom is -0.383 e. The molecule has 1 saturated heterocycles. The topological polar surface area (TPSA) is 90.1 Å². The quantitative estimate of drug-likeness (QED) is 0.861. The zero-order valence-electron chi connectivity index (χ0n) is 12.0. The Hall–Kier alpha value is -1.69. The van der Waals surface area contributed by atoms with Gasteiger partial charge in [-0.05, 0) is 18.8 Å². The summed E-state index contributed by atoms with van der Waals surface area (Å²) in [5.74, 6) is 0.665. The summed E-state index contributed by atoms with van der Waals surface area (Å²) in [4.78, 5) is 20.1. The molecule has 3 N–H and O–H groups in total. The van der Waals surface area contributed by atoms with Crippen molar-refractivity contribution in [2.24, 2.45) is 11.8 Å². The molecule has 0 radical (unpaired) electrons. The van der Waals surface area contributed by atoms with Gasteiger partial charge in [-0.25, -0.2) is 9.97 Å². The van der Waals surface area contributed by atoms with Crippen LogP contribution in [0.4, 0.5) is 5.82 Å². The summed E-state index contributed by atoms with van der Waals surface area (Å²) in [5, 5.41) is 2.92. The van der Waals surface area contributed by atoms with Crippen LogP contribution in [0.25, 0.3) is 0 Å². The molecule has 0 saturated carbocycles. The molecule has 0 aliphatic carbocycles. The molecule has 2 rings (SSSR count). The molecule has 6 heteroatoms. The maximum Gasteiger partial charge on any atom is 0.226 e. The number of anilines is 1. The second-order valence-corrected chi connectivity index (χ2v) is 5.48. The number of aromatic nitrogens is 2. The van der Waals surface area contributed by atoms with Gasteiger partial charge in [0.2, 0.25) is 5.91 Å². The molecule has 2 heterocycles. The summed E-state index contributed by atoms with van der Waals surface area (Å²) in [6, 6.07) is 0. The van der Waals surface area contributed by atoms with Crippen molar-refractivity contribution in [2.45, 2.75) is 39.3 Å². The zero-order valence-corrected chi connectivity index (χ0v) is 12.0. The highest BCUT2D eigenvalue weighted by atomic mass is 16.5. The molecule has 20 heavy (non-hydrogen) atoms. The van der Waals surface area contributed by atoms with E-state index in [0.29, 0.717) is 18.3 Å². The Kier molecular flexibility index (Phi) is 4.89. The summed E-state index contributed by atoms with van der Waals surface area (Å²) in [7, 11) is 0. The van der Waals surface area contributed by atoms with Crippen molar-refractivity contribution in [3.8, 4) is 0 Å². The fraction of sp³-hybridized carbons (Fsp3) is 0.643. The summed E-state index contributed by atoms with van der Waals surface area (Å²) >= 11 is 0. The standard InChI is InChI=1S/C14H22N4O2/c1-9(2)12-11(4-3-5-20-12)14(19)17-7-10-6-16-8-18-13(10)15/h6,8-9,11-12H,3-5,7H2,1-2H3,(H,17,19)(H2,15,16,18)/t11-,12+/m0/s1. The number of hydrogen-bond acceptors (Lipinski definition) is 5. The van der Waals surface area contributed by atoms with Crippen LogP contribution >= 0.6 is 0 Å². The molecular weight excluding hydrogens is 256 g/mol. The highest BCUT2D eigenvalue weighted by Crippen LogP contribution is 2.26. The number of nitrogens with zero attached hydrogens (tertiary/aromatic N) is 2. The first-order chi connectivity index (χ1) is 9.59. The number of nitrogens with one attached hydrogen (secondary N) is 1. The van der Waals surface area contributed by atoms with Gasteiger partial charge in [-0.15, -0.1) is 0 Å². The molecule has 6 nitrogen and oxygen atoms in total. The predicted molar refractivity (Wildman–Crippen MR) is 75.6 cm³/mol. The van der Waals surface area contributed by atoms with E-state index >= 15 is 0 Å². The number of nitrogens with two attached hydrogens (primary N) is 1. The number of nitrogen functional groups attached to an aromatic ring is 1. The van der Waals surface area contributed by atoms with E-state index in [2.05, 4.69) is 29.1 Å². The molecule has 1 fully saturated rings. The maximum atomic E-state index is 12.3. The van der Waals surface area contributed by atoms with Crippen molar-refractivity contribution >= 4 is 11.7 Å². The zero-order chi connectivity index (χ0) is 14.5. The smallest absolute Gasteiger partial charge is 0.226 e. The fourth-order valence-corrected chi connectivity index (χ4v) is 2.56. The van der Waals surface area contributed by atoms with Crippen LogP contribution in [0.5, 0.6) is 0 Å². The van der Waals surface area contributed by atoms with Crippen molar-refractivity contribution in [1.82, 2.24) is 15.3 Å². The molecule has 1 amide bonds. The minimum atomic E-state index is -0.0883. The predicted octanol–water partition coefficient (Wildman–Crippen LogP) is 1.13. The van der Waals surface area contributed by atoms with Crippen molar-refractivity contribution in [3.63, 3.8) is 0 Å². The molecule has 110 valence electrons. The van der Waals surface area contributed by atoms with E-state index in [4.69, 9.17) is 10.5 Å². The maximum absolute atomic E-state index is 12.3. The highest BCUT2D eigenvalue weighted by molar-refractivity contribution is 5.79. The first-order valence-electron chi connectivity index (χ1n) is 7.03. The molecule has 0 bridgehead atoms. The summed E-state index contributed by atoms with van der Waals surface area (Å²) < 4.78 is 5.74. The normalized spacial score (nSPS) is 22.8. The molecule has 1 aliphatic heterocycles. The Balaban J connectivity index is 1.95. The van der Waals surface area contributed by atoms with E-state index in [9.17, 15) is 4.79 Å². The monoisotopic (exact) mass is 278 g/mol. The summed E-state index contributed by atoms with van der Waals surface area (Å²) in [6.07, 6.45) is 4.81. The van der Waals surface area contributed by atoms with E-state index in [1.54, 1.807) is 6.20 Å². The number of rotatable bonds is 4. The Bertz CT molecular complexity index is 464. The minimum absolute atomic E-state index is 0.00637. The van der Waals surface area contributed by atoms with Crippen molar-refractivity contribution in [1.29, 1.82) is 0 Å².